The summed E-state index contributed by atoms with van der Waals surface area (Å²) < 4.78 is 0. The molecule has 0 radical (unpaired) electrons. The molecule has 0 aliphatic heterocycles. The van der Waals surface area contributed by atoms with Crippen LogP contribution >= 0.6 is 0 Å². The Kier molecular flexibility index (Phi) is 6.06. The molecular weight excluding hydrogens is 222 g/mol. The first-order valence-corrected chi connectivity index (χ1v) is 6.90. The van der Waals surface area contributed by atoms with E-state index in [2.05, 4.69) is 26.8 Å². The van der Waals surface area contributed by atoms with Gasteiger partial charge in [-0.1, -0.05) is 45.4 Å². The molecule has 0 heterocycles. The quantitative estimate of drug-likeness (QED) is 0.748. The van der Waals surface area contributed by atoms with Gasteiger partial charge in [-0.3, -0.25) is 4.79 Å². The van der Waals surface area contributed by atoms with Crippen molar-refractivity contribution in [2.75, 3.05) is 0 Å². The van der Waals surface area contributed by atoms with E-state index in [1.807, 2.05) is 18.2 Å². The van der Waals surface area contributed by atoms with Crippen LogP contribution < -0.4 is 5.73 Å². The average Bonchev–Trinajstić information content (AvgIpc) is 2.28. The van der Waals surface area contributed by atoms with Crippen LogP contribution in [0.2, 0.25) is 0 Å². The van der Waals surface area contributed by atoms with E-state index >= 15 is 0 Å². The topological polar surface area (TPSA) is 43.1 Å². The lowest BCUT2D eigenvalue weighted by Gasteiger charge is -2.10. The predicted octanol–water partition coefficient (Wildman–Crippen LogP) is 3.59. The van der Waals surface area contributed by atoms with Crippen LogP contribution in [0.4, 0.5) is 0 Å². The van der Waals surface area contributed by atoms with Gasteiger partial charge in [0.15, 0.2) is 5.78 Å². The summed E-state index contributed by atoms with van der Waals surface area (Å²) in [7, 11) is 0. The number of hydrogen-bond donors (Lipinski definition) is 1. The smallest absolute Gasteiger partial charge is 0.164 e. The zero-order chi connectivity index (χ0) is 13.5. The second kappa shape index (κ2) is 7.32. The maximum Gasteiger partial charge on any atom is 0.164 e. The number of nitrogens with two attached hydrogens (primary N) is 1. The van der Waals surface area contributed by atoms with Gasteiger partial charge in [0.05, 0.1) is 0 Å². The van der Waals surface area contributed by atoms with Crippen LogP contribution in [0.25, 0.3) is 0 Å². The second-order valence-corrected chi connectivity index (χ2v) is 5.47. The van der Waals surface area contributed by atoms with E-state index in [-0.39, 0.29) is 11.8 Å². The molecule has 2 nitrogen and oxygen atoms in total. The fraction of sp³-hybridized carbons (Fsp3) is 0.562. The molecule has 2 heteroatoms. The average molecular weight is 247 g/mol. The molecule has 1 atom stereocenters. The molecule has 0 amide bonds. The summed E-state index contributed by atoms with van der Waals surface area (Å²) in [4.78, 5) is 12.1. The lowest BCUT2D eigenvalue weighted by Crippen LogP contribution is -2.23. The Balaban J connectivity index is 2.68. The minimum absolute atomic E-state index is 0.00347. The highest BCUT2D eigenvalue weighted by Gasteiger charge is 2.11. The number of hydrogen-bond acceptors (Lipinski definition) is 2. The van der Waals surface area contributed by atoms with Crippen LogP contribution in [-0.4, -0.2) is 11.8 Å². The summed E-state index contributed by atoms with van der Waals surface area (Å²) in [6.07, 6.45) is 3.42. The van der Waals surface area contributed by atoms with Gasteiger partial charge in [-0.05, 0) is 30.4 Å². The third-order valence-electron chi connectivity index (χ3n) is 3.00. The van der Waals surface area contributed by atoms with Crippen LogP contribution in [0, 0.1) is 5.92 Å². The van der Waals surface area contributed by atoms with Crippen molar-refractivity contribution in [3.05, 3.63) is 35.4 Å². The van der Waals surface area contributed by atoms with Gasteiger partial charge in [0.25, 0.3) is 0 Å². The summed E-state index contributed by atoms with van der Waals surface area (Å²) in [5, 5.41) is 0. The lowest BCUT2D eigenvalue weighted by molar-refractivity contribution is 0.0973. The minimum atomic E-state index is -0.00347. The number of benzene rings is 1. The van der Waals surface area contributed by atoms with Crippen molar-refractivity contribution in [2.45, 2.75) is 52.5 Å². The van der Waals surface area contributed by atoms with E-state index in [1.165, 1.54) is 5.56 Å². The van der Waals surface area contributed by atoms with Gasteiger partial charge in [-0.15, -0.1) is 0 Å². The molecular formula is C16H25NO. The molecule has 0 spiro atoms. The highest BCUT2D eigenvalue weighted by molar-refractivity contribution is 5.96. The first-order valence-electron chi connectivity index (χ1n) is 6.90. The Hall–Kier alpha value is -1.15. The van der Waals surface area contributed by atoms with Gasteiger partial charge in [0.1, 0.15) is 0 Å². The molecule has 2 N–H and O–H groups in total. The molecule has 1 aromatic carbocycles. The van der Waals surface area contributed by atoms with E-state index < -0.39 is 0 Å². The maximum absolute atomic E-state index is 12.1. The largest absolute Gasteiger partial charge is 0.327 e. The van der Waals surface area contributed by atoms with Crippen molar-refractivity contribution >= 4 is 5.78 Å². The van der Waals surface area contributed by atoms with Crippen LogP contribution in [0.15, 0.2) is 24.3 Å². The van der Waals surface area contributed by atoms with Crippen molar-refractivity contribution in [3.63, 3.8) is 0 Å². The maximum atomic E-state index is 12.1. The van der Waals surface area contributed by atoms with E-state index in [0.717, 1.165) is 24.8 Å². The molecule has 0 aliphatic carbocycles. The summed E-state index contributed by atoms with van der Waals surface area (Å²) in [6, 6.07) is 7.96. The molecule has 100 valence electrons. The van der Waals surface area contributed by atoms with Crippen molar-refractivity contribution < 1.29 is 4.79 Å². The lowest BCUT2D eigenvalue weighted by atomic mass is 9.97. The SMILES string of the molecule is CCCC(N)CC(=O)c1cccc(CC(C)C)c1. The fourth-order valence-corrected chi connectivity index (χ4v) is 2.17. The molecule has 18 heavy (non-hydrogen) atoms. The predicted molar refractivity (Wildman–Crippen MR) is 76.8 cm³/mol. The molecule has 0 saturated carbocycles. The van der Waals surface area contributed by atoms with Gasteiger partial charge in [0.2, 0.25) is 0 Å². The third kappa shape index (κ3) is 5.01. The number of rotatable bonds is 7. The van der Waals surface area contributed by atoms with Gasteiger partial charge in [0, 0.05) is 18.0 Å². The van der Waals surface area contributed by atoms with Crippen molar-refractivity contribution in [1.29, 1.82) is 0 Å². The Labute approximate surface area is 111 Å². The monoisotopic (exact) mass is 247 g/mol. The molecule has 0 fully saturated rings. The van der Waals surface area contributed by atoms with E-state index in [4.69, 9.17) is 5.73 Å². The number of carbonyl (C=O) groups is 1. The molecule has 1 unspecified atom stereocenters. The zero-order valence-electron chi connectivity index (χ0n) is 11.8. The third-order valence-corrected chi connectivity index (χ3v) is 3.00. The minimum Gasteiger partial charge on any atom is -0.327 e. The zero-order valence-corrected chi connectivity index (χ0v) is 11.8. The first-order chi connectivity index (χ1) is 8.52. The first kappa shape index (κ1) is 14.9. The summed E-state index contributed by atoms with van der Waals surface area (Å²) in [6.45, 7) is 6.46. The normalized spacial score (nSPS) is 12.7. The van der Waals surface area contributed by atoms with E-state index in [0.29, 0.717) is 12.3 Å². The Morgan fingerprint density at radius 2 is 2.06 bits per heavy atom. The van der Waals surface area contributed by atoms with Crippen LogP contribution in [0.5, 0.6) is 0 Å². The fourth-order valence-electron chi connectivity index (χ4n) is 2.17. The Morgan fingerprint density at radius 1 is 1.33 bits per heavy atom. The summed E-state index contributed by atoms with van der Waals surface area (Å²) in [5.74, 6) is 0.777. The van der Waals surface area contributed by atoms with E-state index in [9.17, 15) is 4.79 Å². The molecule has 0 saturated heterocycles. The highest BCUT2D eigenvalue weighted by atomic mass is 16.1. The summed E-state index contributed by atoms with van der Waals surface area (Å²) >= 11 is 0. The van der Waals surface area contributed by atoms with Crippen molar-refractivity contribution in [1.82, 2.24) is 0 Å². The van der Waals surface area contributed by atoms with Gasteiger partial charge < -0.3 is 5.73 Å². The van der Waals surface area contributed by atoms with Crippen LogP contribution in [-0.2, 0) is 6.42 Å². The standard InChI is InChI=1S/C16H25NO/c1-4-6-15(17)11-16(18)14-8-5-7-13(10-14)9-12(2)3/h5,7-8,10,12,15H,4,6,9,11,17H2,1-3H3. The van der Waals surface area contributed by atoms with Gasteiger partial charge in [-0.25, -0.2) is 0 Å². The number of ketones is 1. The molecule has 0 aromatic heterocycles. The Morgan fingerprint density at radius 3 is 2.67 bits per heavy atom. The summed E-state index contributed by atoms with van der Waals surface area (Å²) in [5.41, 5.74) is 7.96. The second-order valence-electron chi connectivity index (χ2n) is 5.47. The van der Waals surface area contributed by atoms with Crippen LogP contribution in [0.1, 0.15) is 56.0 Å². The number of carbonyl (C=O) groups excluding carboxylic acids is 1. The van der Waals surface area contributed by atoms with Crippen molar-refractivity contribution in [2.24, 2.45) is 11.7 Å². The molecule has 1 rings (SSSR count). The molecule has 0 aliphatic rings. The van der Waals surface area contributed by atoms with Gasteiger partial charge in [-0.2, -0.15) is 0 Å². The van der Waals surface area contributed by atoms with E-state index in [1.54, 1.807) is 0 Å². The van der Waals surface area contributed by atoms with Crippen molar-refractivity contribution in [3.8, 4) is 0 Å². The Bertz CT molecular complexity index is 384. The van der Waals surface area contributed by atoms with Crippen LogP contribution in [0.3, 0.4) is 0 Å². The molecule has 0 bridgehead atoms. The number of Topliss-reactive ketones (excluding diaryl/α,β-unsaturated/α-hetero) is 1. The van der Waals surface area contributed by atoms with Gasteiger partial charge >= 0.3 is 0 Å². The highest BCUT2D eigenvalue weighted by Crippen LogP contribution is 2.13. The molecule has 1 aromatic rings.